The van der Waals surface area contributed by atoms with Crippen molar-refractivity contribution < 1.29 is 4.79 Å². The molecule has 0 spiro atoms. The van der Waals surface area contributed by atoms with Gasteiger partial charge in [0.15, 0.2) is 12.2 Å². The lowest BCUT2D eigenvalue weighted by molar-refractivity contribution is -0.117. The fraction of sp³-hybridized carbons (Fsp3) is 0.300. The summed E-state index contributed by atoms with van der Waals surface area (Å²) in [6, 6.07) is 7.92. The van der Waals surface area contributed by atoms with Crippen LogP contribution in [0.1, 0.15) is 0 Å². The summed E-state index contributed by atoms with van der Waals surface area (Å²) in [7, 11) is 4.08. The minimum atomic E-state index is 0.0868. The van der Waals surface area contributed by atoms with Gasteiger partial charge in [-0.25, -0.2) is 0 Å². The van der Waals surface area contributed by atoms with Crippen LogP contribution in [-0.2, 0) is 4.79 Å². The van der Waals surface area contributed by atoms with Crippen molar-refractivity contribution >= 4 is 17.3 Å². The molecular weight excluding hydrogens is 164 g/mol. The number of rotatable bonds is 0. The van der Waals surface area contributed by atoms with Crippen molar-refractivity contribution in [3.05, 3.63) is 24.3 Å². The highest BCUT2D eigenvalue weighted by Crippen LogP contribution is 2.31. The molecule has 13 heavy (non-hydrogen) atoms. The van der Waals surface area contributed by atoms with E-state index in [1.807, 2.05) is 32.3 Å². The summed E-state index contributed by atoms with van der Waals surface area (Å²) in [6.07, 6.45) is 0. The van der Waals surface area contributed by atoms with E-state index in [1.165, 1.54) is 5.69 Å². The number of quaternary nitrogens is 1. The van der Waals surface area contributed by atoms with Crippen LogP contribution >= 0.6 is 0 Å². The molecule has 0 radical (unpaired) electrons. The number of hydrogen-bond donors (Lipinski definition) is 1. The smallest absolute Gasteiger partial charge is 0.280 e. The molecule has 1 N–H and O–H groups in total. The fourth-order valence-corrected chi connectivity index (χ4v) is 1.74. The molecule has 1 aliphatic rings. The number of fused-ring (bicyclic) bond motifs is 1. The number of para-hydroxylation sites is 2. The molecule has 1 amide bonds. The maximum absolute atomic E-state index is 11.3. The second-order valence-corrected chi connectivity index (χ2v) is 3.91. The molecule has 0 aliphatic carbocycles. The first kappa shape index (κ1) is 8.26. The molecule has 1 heterocycles. The van der Waals surface area contributed by atoms with E-state index < -0.39 is 0 Å². The highest BCUT2D eigenvalue weighted by atomic mass is 16.2. The number of hydrogen-bond acceptors (Lipinski definition) is 1. The van der Waals surface area contributed by atoms with Crippen LogP contribution in [0.4, 0.5) is 11.4 Å². The number of anilines is 1. The third-order valence-corrected chi connectivity index (χ3v) is 2.37. The largest absolute Gasteiger partial charge is 0.316 e. The second kappa shape index (κ2) is 2.57. The Morgan fingerprint density at radius 2 is 2.00 bits per heavy atom. The SMILES string of the molecule is C[N+]1(C)CC(=O)Nc2ccccc21. The maximum Gasteiger partial charge on any atom is 0.280 e. The van der Waals surface area contributed by atoms with Crippen molar-refractivity contribution in [3.8, 4) is 0 Å². The van der Waals surface area contributed by atoms with Gasteiger partial charge in [0.25, 0.3) is 5.91 Å². The standard InChI is InChI=1S/C10H12N2O/c1-12(2)7-10(13)11-8-5-3-4-6-9(8)12/h3-6H,7H2,1-2H3/p+1. The van der Waals surface area contributed by atoms with E-state index in [1.54, 1.807) is 0 Å². The van der Waals surface area contributed by atoms with Gasteiger partial charge in [0, 0.05) is 6.07 Å². The van der Waals surface area contributed by atoms with Gasteiger partial charge in [-0.3, -0.25) is 9.28 Å². The molecule has 0 atom stereocenters. The molecule has 0 unspecified atom stereocenters. The van der Waals surface area contributed by atoms with Crippen LogP contribution in [0.2, 0.25) is 0 Å². The van der Waals surface area contributed by atoms with Crippen LogP contribution in [0.15, 0.2) is 24.3 Å². The summed E-state index contributed by atoms with van der Waals surface area (Å²) in [4.78, 5) is 11.3. The van der Waals surface area contributed by atoms with E-state index in [4.69, 9.17) is 0 Å². The molecule has 1 aromatic carbocycles. The molecule has 0 saturated heterocycles. The Labute approximate surface area is 77.6 Å². The summed E-state index contributed by atoms with van der Waals surface area (Å²) in [5, 5.41) is 2.86. The Morgan fingerprint density at radius 3 is 2.77 bits per heavy atom. The highest BCUT2D eigenvalue weighted by molar-refractivity contribution is 5.99. The van der Waals surface area contributed by atoms with Gasteiger partial charge in [-0.1, -0.05) is 12.1 Å². The molecular formula is C10H13N2O+. The molecule has 1 aromatic rings. The summed E-state index contributed by atoms with van der Waals surface area (Å²) >= 11 is 0. The van der Waals surface area contributed by atoms with Gasteiger partial charge in [-0.2, -0.15) is 0 Å². The second-order valence-electron chi connectivity index (χ2n) is 3.91. The quantitative estimate of drug-likeness (QED) is 0.593. The van der Waals surface area contributed by atoms with Crippen molar-refractivity contribution in [2.24, 2.45) is 0 Å². The lowest BCUT2D eigenvalue weighted by Gasteiger charge is -2.33. The van der Waals surface area contributed by atoms with Crippen LogP contribution in [0, 0.1) is 0 Å². The number of carbonyl (C=O) groups is 1. The summed E-state index contributed by atoms with van der Waals surface area (Å²) in [5.74, 6) is 0.0868. The first-order chi connectivity index (χ1) is 6.09. The molecule has 3 nitrogen and oxygen atoms in total. The highest BCUT2D eigenvalue weighted by Gasteiger charge is 2.31. The van der Waals surface area contributed by atoms with Crippen LogP contribution in [0.25, 0.3) is 0 Å². The van der Waals surface area contributed by atoms with Gasteiger partial charge in [-0.15, -0.1) is 0 Å². The van der Waals surface area contributed by atoms with Crippen molar-refractivity contribution in [1.29, 1.82) is 0 Å². The Bertz CT molecular complexity index is 358. The van der Waals surface area contributed by atoms with E-state index in [0.29, 0.717) is 11.0 Å². The first-order valence-electron chi connectivity index (χ1n) is 4.32. The average molecular weight is 177 g/mol. The number of nitrogens with one attached hydrogen (secondary N) is 1. The average Bonchev–Trinajstić information content (AvgIpc) is 2.02. The van der Waals surface area contributed by atoms with Crippen molar-refractivity contribution in [2.45, 2.75) is 0 Å². The lowest BCUT2D eigenvalue weighted by Crippen LogP contribution is -2.50. The lowest BCUT2D eigenvalue weighted by atomic mass is 10.2. The van der Waals surface area contributed by atoms with Gasteiger partial charge < -0.3 is 5.32 Å². The topological polar surface area (TPSA) is 29.1 Å². The Morgan fingerprint density at radius 1 is 1.31 bits per heavy atom. The van der Waals surface area contributed by atoms with Crippen molar-refractivity contribution in [3.63, 3.8) is 0 Å². The monoisotopic (exact) mass is 177 g/mol. The first-order valence-corrected chi connectivity index (χ1v) is 4.32. The van der Waals surface area contributed by atoms with Crippen LogP contribution in [-0.4, -0.2) is 26.5 Å². The number of benzene rings is 1. The van der Waals surface area contributed by atoms with Gasteiger partial charge in [0.1, 0.15) is 5.69 Å². The predicted molar refractivity (Wildman–Crippen MR) is 53.6 cm³/mol. The fourth-order valence-electron chi connectivity index (χ4n) is 1.74. The van der Waals surface area contributed by atoms with Crippen LogP contribution < -0.4 is 9.80 Å². The molecule has 0 fully saturated rings. The maximum atomic E-state index is 11.3. The summed E-state index contributed by atoms with van der Waals surface area (Å²) in [6.45, 7) is 0.511. The number of carbonyl (C=O) groups excluding carboxylic acids is 1. The zero-order valence-corrected chi connectivity index (χ0v) is 7.87. The van der Waals surface area contributed by atoms with E-state index in [9.17, 15) is 4.79 Å². The Kier molecular flexibility index (Phi) is 1.63. The molecule has 3 heteroatoms. The predicted octanol–water partition coefficient (Wildman–Crippen LogP) is 1.21. The summed E-state index contributed by atoms with van der Waals surface area (Å²) in [5.41, 5.74) is 2.10. The molecule has 0 bridgehead atoms. The van der Waals surface area contributed by atoms with E-state index in [2.05, 4.69) is 11.4 Å². The molecule has 0 saturated carbocycles. The van der Waals surface area contributed by atoms with Gasteiger partial charge in [0.05, 0.1) is 14.1 Å². The molecule has 1 aliphatic heterocycles. The zero-order chi connectivity index (χ0) is 9.47. The number of likely N-dealkylation sites (N-methyl/N-ethyl adjacent to an activating group) is 1. The molecule has 0 aromatic heterocycles. The normalized spacial score (nSPS) is 19.1. The van der Waals surface area contributed by atoms with Gasteiger partial charge in [-0.05, 0) is 6.07 Å². The van der Waals surface area contributed by atoms with Gasteiger partial charge in [0.2, 0.25) is 0 Å². The zero-order valence-electron chi connectivity index (χ0n) is 7.87. The Balaban J connectivity index is 2.56. The van der Waals surface area contributed by atoms with Crippen molar-refractivity contribution in [1.82, 2.24) is 4.48 Å². The van der Waals surface area contributed by atoms with E-state index >= 15 is 0 Å². The molecule has 68 valence electrons. The van der Waals surface area contributed by atoms with Gasteiger partial charge >= 0.3 is 0 Å². The number of nitrogens with zero attached hydrogens (tertiary/aromatic N) is 1. The minimum absolute atomic E-state index is 0.0868. The third kappa shape index (κ3) is 1.31. The Hall–Kier alpha value is -1.35. The number of amides is 1. The summed E-state index contributed by atoms with van der Waals surface area (Å²) < 4.78 is 0.627. The third-order valence-electron chi connectivity index (χ3n) is 2.37. The van der Waals surface area contributed by atoms with Crippen LogP contribution in [0.3, 0.4) is 0 Å². The van der Waals surface area contributed by atoms with Crippen LogP contribution in [0.5, 0.6) is 0 Å². The van der Waals surface area contributed by atoms with Crippen molar-refractivity contribution in [2.75, 3.05) is 26.0 Å². The van der Waals surface area contributed by atoms with E-state index in [0.717, 1.165) is 5.69 Å². The molecule has 2 rings (SSSR count). The van der Waals surface area contributed by atoms with E-state index in [-0.39, 0.29) is 5.91 Å². The minimum Gasteiger partial charge on any atom is -0.316 e.